The van der Waals surface area contributed by atoms with Gasteiger partial charge in [-0.1, -0.05) is 18.2 Å². The first-order valence-electron chi connectivity index (χ1n) is 10.7. The molecule has 4 atom stereocenters. The number of hydrogen-bond acceptors (Lipinski definition) is 5. The second-order valence-corrected chi connectivity index (χ2v) is 10.7. The molecule has 4 rings (SSSR count). The fraction of sp³-hybridized carbons (Fsp3) is 0.900. The molecule has 29 heavy (non-hydrogen) atoms. The van der Waals surface area contributed by atoms with E-state index in [-0.39, 0.29) is 4.93 Å². The summed E-state index contributed by atoms with van der Waals surface area (Å²) in [7, 11) is 0. The first-order chi connectivity index (χ1) is 13.7. The van der Waals surface area contributed by atoms with Crippen molar-refractivity contribution in [1.82, 2.24) is 10.2 Å². The van der Waals surface area contributed by atoms with Crippen LogP contribution in [0.5, 0.6) is 0 Å². The smallest absolute Gasteiger partial charge is 0.362 e. The molecule has 1 amide bonds. The zero-order valence-electron chi connectivity index (χ0n) is 16.8. The summed E-state index contributed by atoms with van der Waals surface area (Å²) in [4.78, 5) is 17.3. The van der Waals surface area contributed by atoms with Crippen LogP contribution in [0.15, 0.2) is 4.99 Å². The lowest BCUT2D eigenvalue weighted by Crippen LogP contribution is -2.44. The Kier molecular flexibility index (Phi) is 6.08. The molecule has 1 N–H and O–H groups in total. The molecule has 4 aliphatic rings. The van der Waals surface area contributed by atoms with E-state index in [1.54, 1.807) is 11.8 Å². The van der Waals surface area contributed by atoms with Gasteiger partial charge in [0.15, 0.2) is 5.17 Å². The van der Waals surface area contributed by atoms with Gasteiger partial charge in [0, 0.05) is 19.1 Å². The van der Waals surface area contributed by atoms with Gasteiger partial charge in [0.25, 0.3) is 0 Å². The molecule has 5 nitrogen and oxygen atoms in total. The number of rotatable bonds is 4. The molecule has 0 spiro atoms. The van der Waals surface area contributed by atoms with Gasteiger partial charge in [0.2, 0.25) is 5.91 Å². The van der Waals surface area contributed by atoms with Crippen molar-refractivity contribution < 1.29 is 22.7 Å². The maximum absolute atomic E-state index is 12.4. The third-order valence-corrected chi connectivity index (χ3v) is 8.07. The van der Waals surface area contributed by atoms with Crippen molar-refractivity contribution in [3.8, 4) is 0 Å². The molecule has 2 aliphatic carbocycles. The second kappa shape index (κ2) is 8.29. The van der Waals surface area contributed by atoms with Crippen LogP contribution in [-0.2, 0) is 9.53 Å². The quantitative estimate of drug-likeness (QED) is 0.724. The Morgan fingerprint density at radius 1 is 1.28 bits per heavy atom. The SMILES string of the molecule is CC1(CC2CCN(C(=O)CC(F)(F)F)CC2)OCN=C(N[C@H]2C[C@@H]3CC[C@H]2C3)S1. The standard InChI is InChI=1S/C20H30F3N3O2S/c1-19(10-13-4-6-26(7-5-13)17(27)11-20(21,22)23)28-12-24-18(29-19)25-16-9-14-2-3-15(16)8-14/h13-16H,2-12H2,1H3,(H,24,25)/t14-,15+,16+,19?/m1/s1. The first kappa shape index (κ1) is 21.3. The third kappa shape index (κ3) is 5.40. The topological polar surface area (TPSA) is 53.9 Å². The van der Waals surface area contributed by atoms with E-state index in [9.17, 15) is 18.0 Å². The van der Waals surface area contributed by atoms with Gasteiger partial charge in [-0.2, -0.15) is 13.2 Å². The Bertz CT molecular complexity index is 651. The second-order valence-electron chi connectivity index (χ2n) is 9.22. The largest absolute Gasteiger partial charge is 0.397 e. The Morgan fingerprint density at radius 2 is 2.03 bits per heavy atom. The van der Waals surface area contributed by atoms with Crippen LogP contribution >= 0.6 is 11.8 Å². The minimum Gasteiger partial charge on any atom is -0.362 e. The molecule has 164 valence electrons. The highest BCUT2D eigenvalue weighted by Gasteiger charge is 2.42. The van der Waals surface area contributed by atoms with Crippen LogP contribution in [0.1, 0.15) is 58.3 Å². The lowest BCUT2D eigenvalue weighted by molar-refractivity contribution is -0.162. The number of likely N-dealkylation sites (tertiary alicyclic amines) is 1. The fourth-order valence-electron chi connectivity index (χ4n) is 5.44. The van der Waals surface area contributed by atoms with Crippen molar-refractivity contribution in [3.63, 3.8) is 0 Å². The van der Waals surface area contributed by atoms with Crippen LogP contribution < -0.4 is 5.32 Å². The molecule has 0 aromatic heterocycles. The molecule has 2 aliphatic heterocycles. The maximum Gasteiger partial charge on any atom is 0.397 e. The average Bonchev–Trinajstić information content (AvgIpc) is 3.23. The van der Waals surface area contributed by atoms with E-state index in [2.05, 4.69) is 17.2 Å². The van der Waals surface area contributed by atoms with Gasteiger partial charge in [-0.25, -0.2) is 4.99 Å². The van der Waals surface area contributed by atoms with Crippen molar-refractivity contribution in [3.05, 3.63) is 0 Å². The summed E-state index contributed by atoms with van der Waals surface area (Å²) in [6.45, 7) is 3.21. The van der Waals surface area contributed by atoms with Crippen LogP contribution in [-0.4, -0.2) is 52.9 Å². The molecule has 3 fully saturated rings. The van der Waals surface area contributed by atoms with Gasteiger partial charge in [-0.3, -0.25) is 4.79 Å². The molecular weight excluding hydrogens is 403 g/mol. The number of thioether (sulfide) groups is 1. The number of nitrogens with zero attached hydrogens (tertiary/aromatic N) is 2. The van der Waals surface area contributed by atoms with Crippen LogP contribution in [0.4, 0.5) is 13.2 Å². The lowest BCUT2D eigenvalue weighted by Gasteiger charge is -2.39. The van der Waals surface area contributed by atoms with E-state index >= 15 is 0 Å². The van der Waals surface area contributed by atoms with E-state index < -0.39 is 18.5 Å². The van der Waals surface area contributed by atoms with Crippen LogP contribution in [0, 0.1) is 17.8 Å². The number of nitrogens with one attached hydrogen (secondary N) is 1. The summed E-state index contributed by atoms with van der Waals surface area (Å²) in [5, 5.41) is 4.63. The Balaban J connectivity index is 1.24. The van der Waals surface area contributed by atoms with E-state index in [0.29, 0.717) is 31.8 Å². The summed E-state index contributed by atoms with van der Waals surface area (Å²) >= 11 is 1.64. The Hall–Kier alpha value is -0.960. The number of hydrogen-bond donors (Lipinski definition) is 1. The molecule has 2 bridgehead atoms. The molecular formula is C20H30F3N3O2S. The third-order valence-electron chi connectivity index (χ3n) is 6.92. The van der Waals surface area contributed by atoms with Crippen molar-refractivity contribution in [2.45, 2.75) is 75.4 Å². The summed E-state index contributed by atoms with van der Waals surface area (Å²) in [6, 6.07) is 0.533. The summed E-state index contributed by atoms with van der Waals surface area (Å²) in [6.07, 6.45) is 1.73. The molecule has 0 radical (unpaired) electrons. The lowest BCUT2D eigenvalue weighted by atomic mass is 9.91. The predicted molar refractivity (Wildman–Crippen MR) is 106 cm³/mol. The number of amides is 1. The zero-order valence-corrected chi connectivity index (χ0v) is 17.7. The summed E-state index contributed by atoms with van der Waals surface area (Å²) < 4.78 is 43.3. The number of aliphatic imine (C=N–C) groups is 1. The number of fused-ring (bicyclic) bond motifs is 2. The fourth-order valence-corrected chi connectivity index (χ4v) is 6.61. The van der Waals surface area contributed by atoms with E-state index in [1.807, 2.05) is 0 Å². The molecule has 2 heterocycles. The van der Waals surface area contributed by atoms with Crippen molar-refractivity contribution >= 4 is 22.8 Å². The van der Waals surface area contributed by atoms with Crippen molar-refractivity contribution in [2.75, 3.05) is 19.8 Å². The predicted octanol–water partition coefficient (Wildman–Crippen LogP) is 4.14. The van der Waals surface area contributed by atoms with Gasteiger partial charge in [-0.15, -0.1) is 0 Å². The molecule has 0 aromatic carbocycles. The van der Waals surface area contributed by atoms with Crippen LogP contribution in [0.3, 0.4) is 0 Å². The molecule has 9 heteroatoms. The number of ether oxygens (including phenoxy) is 1. The zero-order chi connectivity index (χ0) is 20.6. The molecule has 1 saturated heterocycles. The number of piperidine rings is 1. The van der Waals surface area contributed by atoms with Gasteiger partial charge in [0.1, 0.15) is 18.1 Å². The van der Waals surface area contributed by atoms with Gasteiger partial charge in [0.05, 0.1) is 0 Å². The maximum atomic E-state index is 12.4. The van der Waals surface area contributed by atoms with Gasteiger partial charge in [-0.05, 0) is 63.2 Å². The van der Waals surface area contributed by atoms with Crippen LogP contribution in [0.25, 0.3) is 0 Å². The van der Waals surface area contributed by atoms with Gasteiger partial charge >= 0.3 is 6.18 Å². The highest BCUT2D eigenvalue weighted by atomic mass is 32.2. The number of carbonyl (C=O) groups is 1. The minimum atomic E-state index is -4.43. The van der Waals surface area contributed by atoms with E-state index in [4.69, 9.17) is 4.74 Å². The monoisotopic (exact) mass is 433 g/mol. The number of halogens is 3. The number of amidine groups is 1. The van der Waals surface area contributed by atoms with E-state index in [0.717, 1.165) is 36.3 Å². The van der Waals surface area contributed by atoms with Gasteiger partial charge < -0.3 is 15.0 Å². The number of alkyl halides is 3. The summed E-state index contributed by atoms with van der Waals surface area (Å²) in [5.41, 5.74) is 0. The normalized spacial score (nSPS) is 35.7. The highest BCUT2D eigenvalue weighted by Crippen LogP contribution is 2.45. The minimum absolute atomic E-state index is 0.337. The van der Waals surface area contributed by atoms with Crippen molar-refractivity contribution in [2.24, 2.45) is 22.7 Å². The Morgan fingerprint density at radius 3 is 2.66 bits per heavy atom. The molecule has 1 unspecified atom stereocenters. The molecule has 2 saturated carbocycles. The molecule has 0 aromatic rings. The van der Waals surface area contributed by atoms with E-state index in [1.165, 1.54) is 30.6 Å². The van der Waals surface area contributed by atoms with Crippen molar-refractivity contribution in [1.29, 1.82) is 0 Å². The average molecular weight is 434 g/mol. The highest BCUT2D eigenvalue weighted by molar-refractivity contribution is 8.14. The first-order valence-corrected chi connectivity index (χ1v) is 11.5. The number of carbonyl (C=O) groups excluding carboxylic acids is 1. The van der Waals surface area contributed by atoms with Crippen LogP contribution in [0.2, 0.25) is 0 Å². The summed E-state index contributed by atoms with van der Waals surface area (Å²) in [5.74, 6) is 1.18. The Labute approximate surface area is 174 Å².